The van der Waals surface area contributed by atoms with Crippen LogP contribution in [0.2, 0.25) is 5.02 Å². The molecule has 0 spiro atoms. The van der Waals surface area contributed by atoms with Crippen LogP contribution in [-0.4, -0.2) is 11.9 Å². The van der Waals surface area contributed by atoms with Gasteiger partial charge in [-0.05, 0) is 30.8 Å². The first-order valence-corrected chi connectivity index (χ1v) is 6.25. The maximum Gasteiger partial charge on any atom is 0.122 e. The topological polar surface area (TPSA) is 42.4 Å². The fraction of sp³-hybridized carbons (Fsp3) is 0.286. The minimum atomic E-state index is 0.511. The lowest BCUT2D eigenvalue weighted by Crippen LogP contribution is -2.18. The second-order valence-electron chi connectivity index (χ2n) is 4.38. The second-order valence-corrected chi connectivity index (χ2v) is 4.81. The van der Waals surface area contributed by atoms with Gasteiger partial charge in [0.1, 0.15) is 5.76 Å². The van der Waals surface area contributed by atoms with Crippen molar-refractivity contribution in [2.45, 2.75) is 19.6 Å². The highest BCUT2D eigenvalue weighted by molar-refractivity contribution is 6.30. The second kappa shape index (κ2) is 6.05. The number of benzene rings is 1. The Hall–Kier alpha value is -1.29. The highest BCUT2D eigenvalue weighted by atomic mass is 35.5. The van der Waals surface area contributed by atoms with E-state index in [-0.39, 0.29) is 0 Å². The zero-order valence-electron chi connectivity index (χ0n) is 10.4. The summed E-state index contributed by atoms with van der Waals surface area (Å²) >= 11 is 5.97. The summed E-state index contributed by atoms with van der Waals surface area (Å²) in [4.78, 5) is 2.17. The van der Waals surface area contributed by atoms with Crippen LogP contribution in [-0.2, 0) is 19.6 Å². The Morgan fingerprint density at radius 3 is 2.83 bits per heavy atom. The van der Waals surface area contributed by atoms with Crippen LogP contribution >= 0.6 is 11.6 Å². The van der Waals surface area contributed by atoms with Gasteiger partial charge in [0.15, 0.2) is 0 Å². The average molecular weight is 265 g/mol. The molecule has 0 bridgehead atoms. The van der Waals surface area contributed by atoms with Crippen LogP contribution in [0.4, 0.5) is 0 Å². The number of nitrogens with zero attached hydrogens (tertiary/aromatic N) is 1. The van der Waals surface area contributed by atoms with Crippen molar-refractivity contribution in [1.82, 2.24) is 4.90 Å². The lowest BCUT2D eigenvalue weighted by atomic mass is 10.2. The molecule has 0 radical (unpaired) electrons. The van der Waals surface area contributed by atoms with Crippen molar-refractivity contribution in [3.05, 3.63) is 58.5 Å². The van der Waals surface area contributed by atoms with Crippen LogP contribution in [0.15, 0.2) is 41.0 Å². The molecular formula is C14H17ClN2O. The number of halogens is 1. The smallest absolute Gasteiger partial charge is 0.122 e. The molecule has 0 amide bonds. The summed E-state index contributed by atoms with van der Waals surface area (Å²) in [6.45, 7) is 2.08. The number of hydrogen-bond donors (Lipinski definition) is 1. The largest absolute Gasteiger partial charge is 0.468 e. The number of hydrogen-bond acceptors (Lipinski definition) is 3. The third-order valence-corrected chi connectivity index (χ3v) is 3.05. The lowest BCUT2D eigenvalue weighted by Gasteiger charge is -2.16. The Morgan fingerprint density at radius 1 is 1.28 bits per heavy atom. The monoisotopic (exact) mass is 264 g/mol. The molecule has 0 aliphatic heterocycles. The summed E-state index contributed by atoms with van der Waals surface area (Å²) in [5.41, 5.74) is 7.90. The standard InChI is InChI=1S/C14H17ClN2O/c1-17(9-11-3-2-4-13(15)7-11)10-14-12(8-16)5-6-18-14/h2-7H,8-10,16H2,1H3. The predicted octanol–water partition coefficient (Wildman–Crippen LogP) is 3.02. The molecule has 2 rings (SSSR count). The van der Waals surface area contributed by atoms with Crippen LogP contribution in [0.5, 0.6) is 0 Å². The summed E-state index contributed by atoms with van der Waals surface area (Å²) in [5.74, 6) is 0.932. The number of nitrogens with two attached hydrogens (primary N) is 1. The third kappa shape index (κ3) is 3.35. The van der Waals surface area contributed by atoms with Crippen LogP contribution < -0.4 is 5.73 Å². The Morgan fingerprint density at radius 2 is 2.11 bits per heavy atom. The van der Waals surface area contributed by atoms with Crippen molar-refractivity contribution in [1.29, 1.82) is 0 Å². The molecule has 0 atom stereocenters. The molecule has 1 heterocycles. The maximum atomic E-state index is 5.97. The molecule has 0 aliphatic carbocycles. The van der Waals surface area contributed by atoms with Gasteiger partial charge in [-0.2, -0.15) is 0 Å². The highest BCUT2D eigenvalue weighted by Crippen LogP contribution is 2.15. The Labute approximate surface area is 112 Å². The first-order valence-electron chi connectivity index (χ1n) is 5.87. The summed E-state index contributed by atoms with van der Waals surface area (Å²) < 4.78 is 5.44. The van der Waals surface area contributed by atoms with Gasteiger partial charge in [-0.1, -0.05) is 23.7 Å². The van der Waals surface area contributed by atoms with Crippen molar-refractivity contribution < 1.29 is 4.42 Å². The predicted molar refractivity (Wildman–Crippen MR) is 73.2 cm³/mol. The SMILES string of the molecule is CN(Cc1cccc(Cl)c1)Cc1occc1CN. The van der Waals surface area contributed by atoms with Crippen LogP contribution in [0.25, 0.3) is 0 Å². The molecule has 2 N–H and O–H groups in total. The molecule has 2 aromatic rings. The Bertz CT molecular complexity index is 510. The maximum absolute atomic E-state index is 5.97. The first-order chi connectivity index (χ1) is 8.69. The fourth-order valence-electron chi connectivity index (χ4n) is 1.94. The average Bonchev–Trinajstić information content (AvgIpc) is 2.76. The minimum Gasteiger partial charge on any atom is -0.468 e. The molecule has 4 heteroatoms. The van der Waals surface area contributed by atoms with Crippen LogP contribution in [0, 0.1) is 0 Å². The normalized spacial score (nSPS) is 11.1. The van der Waals surface area contributed by atoms with Crippen molar-refractivity contribution in [3.8, 4) is 0 Å². The van der Waals surface area contributed by atoms with Gasteiger partial charge < -0.3 is 10.2 Å². The fourth-order valence-corrected chi connectivity index (χ4v) is 2.15. The Kier molecular flexibility index (Phi) is 4.42. The van der Waals surface area contributed by atoms with Gasteiger partial charge in [0.25, 0.3) is 0 Å². The molecule has 1 aromatic heterocycles. The third-order valence-electron chi connectivity index (χ3n) is 2.81. The van der Waals surface area contributed by atoms with E-state index < -0.39 is 0 Å². The summed E-state index contributed by atoms with van der Waals surface area (Å²) in [5, 5.41) is 0.765. The van der Waals surface area contributed by atoms with Gasteiger partial charge in [-0.25, -0.2) is 0 Å². The van der Waals surface area contributed by atoms with E-state index in [1.54, 1.807) is 6.26 Å². The number of rotatable bonds is 5. The van der Waals surface area contributed by atoms with Crippen molar-refractivity contribution in [2.24, 2.45) is 5.73 Å². The van der Waals surface area contributed by atoms with Crippen molar-refractivity contribution in [2.75, 3.05) is 7.05 Å². The molecule has 0 saturated carbocycles. The van der Waals surface area contributed by atoms with E-state index >= 15 is 0 Å². The number of furan rings is 1. The molecule has 0 fully saturated rings. The molecule has 18 heavy (non-hydrogen) atoms. The summed E-state index contributed by atoms with van der Waals surface area (Å²) in [6.07, 6.45) is 1.69. The van der Waals surface area contributed by atoms with Gasteiger partial charge in [0, 0.05) is 23.7 Å². The molecule has 0 saturated heterocycles. The molecule has 1 aromatic carbocycles. The van der Waals surface area contributed by atoms with Crippen LogP contribution in [0.1, 0.15) is 16.9 Å². The zero-order chi connectivity index (χ0) is 13.0. The lowest BCUT2D eigenvalue weighted by molar-refractivity contribution is 0.286. The van der Waals surface area contributed by atoms with Gasteiger partial charge >= 0.3 is 0 Å². The van der Waals surface area contributed by atoms with Crippen LogP contribution in [0.3, 0.4) is 0 Å². The van der Waals surface area contributed by atoms with Crippen molar-refractivity contribution >= 4 is 11.6 Å². The van der Waals surface area contributed by atoms with E-state index in [0.29, 0.717) is 6.54 Å². The summed E-state index contributed by atoms with van der Waals surface area (Å²) in [6, 6.07) is 9.80. The van der Waals surface area contributed by atoms with E-state index in [2.05, 4.69) is 11.0 Å². The molecule has 3 nitrogen and oxygen atoms in total. The quantitative estimate of drug-likeness (QED) is 0.903. The van der Waals surface area contributed by atoms with Gasteiger partial charge in [-0.3, -0.25) is 4.90 Å². The highest BCUT2D eigenvalue weighted by Gasteiger charge is 2.08. The summed E-state index contributed by atoms with van der Waals surface area (Å²) in [7, 11) is 2.05. The van der Waals surface area contributed by atoms with Gasteiger partial charge in [-0.15, -0.1) is 0 Å². The van der Waals surface area contributed by atoms with Gasteiger partial charge in [0.2, 0.25) is 0 Å². The molecular weight excluding hydrogens is 248 g/mol. The minimum absolute atomic E-state index is 0.511. The molecule has 0 aliphatic rings. The molecule has 96 valence electrons. The van der Waals surface area contributed by atoms with E-state index in [1.165, 1.54) is 5.56 Å². The van der Waals surface area contributed by atoms with Crippen molar-refractivity contribution in [3.63, 3.8) is 0 Å². The Balaban J connectivity index is 1.98. The van der Waals surface area contributed by atoms with E-state index in [1.807, 2.05) is 31.3 Å². The molecule has 0 unspecified atom stereocenters. The first kappa shape index (κ1) is 13.1. The van der Waals surface area contributed by atoms with E-state index in [0.717, 1.165) is 29.4 Å². The van der Waals surface area contributed by atoms with Gasteiger partial charge in [0.05, 0.1) is 12.8 Å². The van der Waals surface area contributed by atoms with E-state index in [4.69, 9.17) is 21.8 Å². The zero-order valence-corrected chi connectivity index (χ0v) is 11.2. The van der Waals surface area contributed by atoms with E-state index in [9.17, 15) is 0 Å².